The lowest BCUT2D eigenvalue weighted by molar-refractivity contribution is 0.162. The molecule has 3 rings (SSSR count). The standard InChI is InChI=1S/C16H22N4S.ClH/c17-7-6-13-4-3-9-20(10-13)11-14-12-21-16(19-14)15-5-1-2-8-18-15;/h1-2,5,8,12-13H,3-4,6-7,9-11,17H2;1H. The van der Waals surface area contributed by atoms with E-state index in [1.807, 2.05) is 24.4 Å². The lowest BCUT2D eigenvalue weighted by Gasteiger charge is -2.32. The van der Waals surface area contributed by atoms with Crippen molar-refractivity contribution in [3.05, 3.63) is 35.5 Å². The smallest absolute Gasteiger partial charge is 0.142 e. The molecule has 0 amide bonds. The number of piperidine rings is 1. The molecule has 1 fully saturated rings. The van der Waals surface area contributed by atoms with Crippen LogP contribution in [0.4, 0.5) is 0 Å². The van der Waals surface area contributed by atoms with Gasteiger partial charge in [-0.25, -0.2) is 4.98 Å². The predicted octanol–water partition coefficient (Wildman–Crippen LogP) is 3.19. The minimum absolute atomic E-state index is 0. The first-order valence-corrected chi connectivity index (χ1v) is 8.51. The number of likely N-dealkylation sites (tertiary alicyclic amines) is 1. The van der Waals surface area contributed by atoms with Gasteiger partial charge in [-0.15, -0.1) is 23.7 Å². The van der Waals surface area contributed by atoms with Crippen molar-refractivity contribution >= 4 is 23.7 Å². The largest absolute Gasteiger partial charge is 0.330 e. The van der Waals surface area contributed by atoms with Crippen LogP contribution in [-0.4, -0.2) is 34.5 Å². The Kier molecular flexibility index (Phi) is 6.76. The molecule has 2 aromatic heterocycles. The average Bonchev–Trinajstić information content (AvgIpc) is 2.97. The third kappa shape index (κ3) is 4.49. The molecule has 0 bridgehead atoms. The van der Waals surface area contributed by atoms with Crippen molar-refractivity contribution in [2.45, 2.75) is 25.8 Å². The quantitative estimate of drug-likeness (QED) is 0.909. The van der Waals surface area contributed by atoms with Gasteiger partial charge in [-0.3, -0.25) is 9.88 Å². The normalized spacial score (nSPS) is 18.9. The minimum Gasteiger partial charge on any atom is -0.330 e. The van der Waals surface area contributed by atoms with Gasteiger partial charge < -0.3 is 5.73 Å². The molecule has 2 N–H and O–H groups in total. The number of pyridine rings is 1. The van der Waals surface area contributed by atoms with Crippen LogP contribution in [0.5, 0.6) is 0 Å². The monoisotopic (exact) mass is 338 g/mol. The maximum Gasteiger partial charge on any atom is 0.142 e. The summed E-state index contributed by atoms with van der Waals surface area (Å²) >= 11 is 1.68. The number of halogens is 1. The summed E-state index contributed by atoms with van der Waals surface area (Å²) < 4.78 is 0. The zero-order chi connectivity index (χ0) is 14.5. The van der Waals surface area contributed by atoms with Gasteiger partial charge in [-0.2, -0.15) is 0 Å². The summed E-state index contributed by atoms with van der Waals surface area (Å²) in [5, 5.41) is 3.18. The zero-order valence-corrected chi connectivity index (χ0v) is 14.3. The van der Waals surface area contributed by atoms with Crippen molar-refractivity contribution in [2.75, 3.05) is 19.6 Å². The van der Waals surface area contributed by atoms with Crippen molar-refractivity contribution < 1.29 is 0 Å². The number of aromatic nitrogens is 2. The number of hydrogen-bond donors (Lipinski definition) is 1. The second-order valence-electron chi connectivity index (χ2n) is 5.68. The van der Waals surface area contributed by atoms with Gasteiger partial charge in [0.1, 0.15) is 5.01 Å². The second-order valence-corrected chi connectivity index (χ2v) is 6.54. The Labute approximate surface area is 142 Å². The molecule has 6 heteroatoms. The Morgan fingerprint density at radius 2 is 2.27 bits per heavy atom. The van der Waals surface area contributed by atoms with E-state index in [0.29, 0.717) is 0 Å². The molecule has 1 unspecified atom stereocenters. The first-order chi connectivity index (χ1) is 10.3. The fourth-order valence-electron chi connectivity index (χ4n) is 2.98. The van der Waals surface area contributed by atoms with Crippen LogP contribution in [0.1, 0.15) is 25.0 Å². The number of nitrogens with zero attached hydrogens (tertiary/aromatic N) is 3. The summed E-state index contributed by atoms with van der Waals surface area (Å²) in [5.41, 5.74) is 7.82. The Hall–Kier alpha value is -1.01. The summed E-state index contributed by atoms with van der Waals surface area (Å²) in [7, 11) is 0. The summed E-state index contributed by atoms with van der Waals surface area (Å²) in [6.45, 7) is 4.09. The minimum atomic E-state index is 0. The molecule has 3 heterocycles. The Balaban J connectivity index is 0.00000176. The third-order valence-corrected chi connectivity index (χ3v) is 4.91. The summed E-state index contributed by atoms with van der Waals surface area (Å²) in [6.07, 6.45) is 5.57. The third-order valence-electron chi connectivity index (χ3n) is 4.00. The van der Waals surface area contributed by atoms with Crippen molar-refractivity contribution in [1.82, 2.24) is 14.9 Å². The topological polar surface area (TPSA) is 55.0 Å². The maximum absolute atomic E-state index is 5.69. The van der Waals surface area contributed by atoms with Crippen LogP contribution >= 0.6 is 23.7 Å². The van der Waals surface area contributed by atoms with Crippen LogP contribution < -0.4 is 5.73 Å². The predicted molar refractivity (Wildman–Crippen MR) is 94.3 cm³/mol. The fourth-order valence-corrected chi connectivity index (χ4v) is 3.77. The lowest BCUT2D eigenvalue weighted by Crippen LogP contribution is -2.35. The van der Waals surface area contributed by atoms with E-state index in [0.717, 1.165) is 48.4 Å². The Bertz CT molecular complexity index is 558. The highest BCUT2D eigenvalue weighted by atomic mass is 35.5. The van der Waals surface area contributed by atoms with E-state index in [1.165, 1.54) is 19.4 Å². The van der Waals surface area contributed by atoms with Crippen molar-refractivity contribution in [1.29, 1.82) is 0 Å². The van der Waals surface area contributed by atoms with Crippen LogP contribution in [0.3, 0.4) is 0 Å². The highest BCUT2D eigenvalue weighted by Crippen LogP contribution is 2.24. The maximum atomic E-state index is 5.69. The molecule has 1 aliphatic heterocycles. The first-order valence-electron chi connectivity index (χ1n) is 7.63. The van der Waals surface area contributed by atoms with Gasteiger partial charge in [-0.1, -0.05) is 6.07 Å². The molecule has 0 aliphatic carbocycles. The van der Waals surface area contributed by atoms with Gasteiger partial charge in [0.25, 0.3) is 0 Å². The number of thiazole rings is 1. The van der Waals surface area contributed by atoms with Crippen LogP contribution in [0.15, 0.2) is 29.8 Å². The highest BCUT2D eigenvalue weighted by Gasteiger charge is 2.20. The van der Waals surface area contributed by atoms with Gasteiger partial charge in [-0.05, 0) is 50.4 Å². The Morgan fingerprint density at radius 3 is 3.05 bits per heavy atom. The fraction of sp³-hybridized carbons (Fsp3) is 0.500. The molecule has 0 spiro atoms. The molecule has 0 radical (unpaired) electrons. The summed E-state index contributed by atoms with van der Waals surface area (Å²) in [6, 6.07) is 5.95. The molecule has 4 nitrogen and oxygen atoms in total. The van der Waals surface area contributed by atoms with Crippen molar-refractivity contribution in [2.24, 2.45) is 11.7 Å². The van der Waals surface area contributed by atoms with Gasteiger partial charge in [0, 0.05) is 24.7 Å². The Morgan fingerprint density at radius 1 is 1.36 bits per heavy atom. The summed E-state index contributed by atoms with van der Waals surface area (Å²) in [4.78, 5) is 11.6. The van der Waals surface area contributed by atoms with Crippen LogP contribution in [-0.2, 0) is 6.54 Å². The van der Waals surface area contributed by atoms with Gasteiger partial charge >= 0.3 is 0 Å². The van der Waals surface area contributed by atoms with Gasteiger partial charge in [0.05, 0.1) is 11.4 Å². The molecule has 2 aromatic rings. The van der Waals surface area contributed by atoms with E-state index in [1.54, 1.807) is 11.3 Å². The van der Waals surface area contributed by atoms with E-state index in [9.17, 15) is 0 Å². The van der Waals surface area contributed by atoms with E-state index >= 15 is 0 Å². The molecule has 1 atom stereocenters. The van der Waals surface area contributed by atoms with E-state index in [2.05, 4.69) is 15.3 Å². The van der Waals surface area contributed by atoms with Crippen molar-refractivity contribution in [3.8, 4) is 10.7 Å². The van der Waals surface area contributed by atoms with E-state index < -0.39 is 0 Å². The van der Waals surface area contributed by atoms with E-state index in [-0.39, 0.29) is 12.4 Å². The molecule has 22 heavy (non-hydrogen) atoms. The van der Waals surface area contributed by atoms with Crippen LogP contribution in [0.25, 0.3) is 10.7 Å². The lowest BCUT2D eigenvalue weighted by atomic mass is 9.95. The molecule has 1 aliphatic rings. The summed E-state index contributed by atoms with van der Waals surface area (Å²) in [5.74, 6) is 0.762. The van der Waals surface area contributed by atoms with Crippen LogP contribution in [0, 0.1) is 5.92 Å². The molecule has 1 saturated heterocycles. The highest BCUT2D eigenvalue weighted by molar-refractivity contribution is 7.13. The molecule has 0 aromatic carbocycles. The second kappa shape index (κ2) is 8.58. The zero-order valence-electron chi connectivity index (χ0n) is 12.6. The number of nitrogens with two attached hydrogens (primary N) is 1. The number of rotatable bonds is 5. The molecule has 0 saturated carbocycles. The first kappa shape index (κ1) is 17.3. The molecular weight excluding hydrogens is 316 g/mol. The van der Waals surface area contributed by atoms with E-state index in [4.69, 9.17) is 10.7 Å². The van der Waals surface area contributed by atoms with Gasteiger partial charge in [0.2, 0.25) is 0 Å². The molecular formula is C16H23ClN4S. The van der Waals surface area contributed by atoms with Gasteiger partial charge in [0.15, 0.2) is 0 Å². The average molecular weight is 339 g/mol. The number of hydrogen-bond acceptors (Lipinski definition) is 5. The molecule has 120 valence electrons. The van der Waals surface area contributed by atoms with Crippen molar-refractivity contribution in [3.63, 3.8) is 0 Å². The van der Waals surface area contributed by atoms with Crippen LogP contribution in [0.2, 0.25) is 0 Å². The SMILES string of the molecule is Cl.NCCC1CCCN(Cc2csc(-c3ccccn3)n2)C1.